The van der Waals surface area contributed by atoms with Crippen molar-refractivity contribution in [3.8, 4) is 0 Å². The average Bonchev–Trinajstić information content (AvgIpc) is 2.39. The third-order valence-electron chi connectivity index (χ3n) is 3.07. The molecule has 0 radical (unpaired) electrons. The van der Waals surface area contributed by atoms with Crippen LogP contribution in [0.4, 0.5) is 4.39 Å². The number of sulfonamides is 1. The number of benzene rings is 1. The van der Waals surface area contributed by atoms with Gasteiger partial charge in [0.2, 0.25) is 10.0 Å². The molecule has 1 fully saturated rings. The summed E-state index contributed by atoms with van der Waals surface area (Å²) in [6, 6.07) is 5.24. The first-order valence-electron chi connectivity index (χ1n) is 5.91. The Kier molecular flexibility index (Phi) is 3.99. The van der Waals surface area contributed by atoms with E-state index in [1.165, 1.54) is 22.5 Å². The van der Waals surface area contributed by atoms with Crippen LogP contribution in [0.1, 0.15) is 13.3 Å². The second kappa shape index (κ2) is 5.34. The Bertz CT molecular complexity index is 518. The van der Waals surface area contributed by atoms with Gasteiger partial charge in [-0.3, -0.25) is 0 Å². The minimum Gasteiger partial charge on any atom is -0.378 e. The van der Waals surface area contributed by atoms with Crippen molar-refractivity contribution in [1.29, 1.82) is 0 Å². The Morgan fingerprint density at radius 2 is 2.17 bits per heavy atom. The standard InChI is InChI=1S/C12H16FNO3S/c1-2-10-9-17-8-7-14(10)18(15,16)12-6-4-3-5-11(12)13/h3-6,10H,2,7-9H2,1H3. The minimum atomic E-state index is -3.78. The maximum atomic E-state index is 13.6. The van der Waals surface area contributed by atoms with Crippen LogP contribution >= 0.6 is 0 Å². The highest BCUT2D eigenvalue weighted by Gasteiger charge is 2.34. The molecule has 0 amide bonds. The maximum Gasteiger partial charge on any atom is 0.246 e. The Balaban J connectivity index is 2.39. The molecule has 0 bridgehead atoms. The summed E-state index contributed by atoms with van der Waals surface area (Å²) < 4.78 is 45.1. The fraction of sp³-hybridized carbons (Fsp3) is 0.500. The fourth-order valence-electron chi connectivity index (χ4n) is 2.06. The predicted octanol–water partition coefficient (Wildman–Crippen LogP) is 1.63. The van der Waals surface area contributed by atoms with Crippen LogP contribution < -0.4 is 0 Å². The zero-order valence-corrected chi connectivity index (χ0v) is 11.0. The molecule has 1 unspecified atom stereocenters. The molecule has 2 rings (SSSR count). The van der Waals surface area contributed by atoms with E-state index in [0.717, 1.165) is 6.07 Å². The van der Waals surface area contributed by atoms with Crippen molar-refractivity contribution in [3.05, 3.63) is 30.1 Å². The Hall–Kier alpha value is -0.980. The Morgan fingerprint density at radius 3 is 2.83 bits per heavy atom. The molecule has 1 saturated heterocycles. The molecule has 0 aromatic heterocycles. The summed E-state index contributed by atoms with van der Waals surface area (Å²) >= 11 is 0. The van der Waals surface area contributed by atoms with Gasteiger partial charge in [0.1, 0.15) is 10.7 Å². The summed E-state index contributed by atoms with van der Waals surface area (Å²) in [7, 11) is -3.78. The van der Waals surface area contributed by atoms with Gasteiger partial charge in [-0.2, -0.15) is 4.31 Å². The van der Waals surface area contributed by atoms with Crippen molar-refractivity contribution in [2.24, 2.45) is 0 Å². The van der Waals surface area contributed by atoms with Crippen molar-refractivity contribution in [2.45, 2.75) is 24.3 Å². The van der Waals surface area contributed by atoms with Crippen molar-refractivity contribution in [1.82, 2.24) is 4.31 Å². The first-order chi connectivity index (χ1) is 8.57. The van der Waals surface area contributed by atoms with Gasteiger partial charge in [-0.1, -0.05) is 19.1 Å². The molecule has 1 aromatic carbocycles. The van der Waals surface area contributed by atoms with Crippen LogP contribution in [0.5, 0.6) is 0 Å². The molecule has 6 heteroatoms. The maximum absolute atomic E-state index is 13.6. The molecule has 1 aromatic rings. The Labute approximate surface area is 106 Å². The van der Waals surface area contributed by atoms with E-state index in [2.05, 4.69) is 0 Å². The van der Waals surface area contributed by atoms with Crippen LogP contribution in [-0.4, -0.2) is 38.5 Å². The second-order valence-corrected chi connectivity index (χ2v) is 6.04. The van der Waals surface area contributed by atoms with E-state index in [1.54, 1.807) is 0 Å². The third kappa shape index (κ3) is 2.41. The van der Waals surface area contributed by atoms with Gasteiger partial charge >= 0.3 is 0 Å². The molecule has 1 heterocycles. The van der Waals surface area contributed by atoms with E-state index in [9.17, 15) is 12.8 Å². The lowest BCUT2D eigenvalue weighted by molar-refractivity contribution is 0.0313. The van der Waals surface area contributed by atoms with E-state index in [1.807, 2.05) is 6.92 Å². The highest BCUT2D eigenvalue weighted by molar-refractivity contribution is 7.89. The van der Waals surface area contributed by atoms with Crippen LogP contribution in [0.3, 0.4) is 0 Å². The van der Waals surface area contributed by atoms with Crippen LogP contribution in [-0.2, 0) is 14.8 Å². The van der Waals surface area contributed by atoms with Crippen molar-refractivity contribution in [2.75, 3.05) is 19.8 Å². The summed E-state index contributed by atoms with van der Waals surface area (Å²) in [5, 5.41) is 0. The zero-order chi connectivity index (χ0) is 13.2. The SMILES string of the molecule is CCC1COCCN1S(=O)(=O)c1ccccc1F. The quantitative estimate of drug-likeness (QED) is 0.841. The number of halogens is 1. The molecule has 1 atom stereocenters. The van der Waals surface area contributed by atoms with E-state index in [0.29, 0.717) is 19.6 Å². The normalized spacial score (nSPS) is 22.0. The highest BCUT2D eigenvalue weighted by atomic mass is 32.2. The van der Waals surface area contributed by atoms with Gasteiger partial charge < -0.3 is 4.74 Å². The van der Waals surface area contributed by atoms with Crippen molar-refractivity contribution < 1.29 is 17.5 Å². The third-order valence-corrected chi connectivity index (χ3v) is 5.05. The summed E-state index contributed by atoms with van der Waals surface area (Å²) in [6.45, 7) is 2.88. The van der Waals surface area contributed by atoms with Gasteiger partial charge in [0, 0.05) is 12.6 Å². The van der Waals surface area contributed by atoms with Gasteiger partial charge in [0.15, 0.2) is 0 Å². The number of ether oxygens (including phenoxy) is 1. The minimum absolute atomic E-state index is 0.219. The molecule has 100 valence electrons. The molecular weight excluding hydrogens is 257 g/mol. The first kappa shape index (κ1) is 13.5. The molecule has 0 saturated carbocycles. The number of hydrogen-bond acceptors (Lipinski definition) is 3. The lowest BCUT2D eigenvalue weighted by Crippen LogP contribution is -2.48. The van der Waals surface area contributed by atoms with E-state index < -0.39 is 15.8 Å². The molecule has 4 nitrogen and oxygen atoms in total. The predicted molar refractivity (Wildman–Crippen MR) is 65.2 cm³/mol. The number of nitrogens with zero attached hydrogens (tertiary/aromatic N) is 1. The first-order valence-corrected chi connectivity index (χ1v) is 7.35. The summed E-state index contributed by atoms with van der Waals surface area (Å²) in [5.41, 5.74) is 0. The molecule has 0 aliphatic carbocycles. The summed E-state index contributed by atoms with van der Waals surface area (Å²) in [5.74, 6) is -0.709. The van der Waals surface area contributed by atoms with Crippen molar-refractivity contribution >= 4 is 10.0 Å². The number of hydrogen-bond donors (Lipinski definition) is 0. The molecule has 1 aliphatic heterocycles. The van der Waals surface area contributed by atoms with Crippen LogP contribution in [0.15, 0.2) is 29.2 Å². The second-order valence-electron chi connectivity index (χ2n) is 4.18. The molecule has 18 heavy (non-hydrogen) atoms. The molecule has 1 aliphatic rings. The number of rotatable bonds is 3. The topological polar surface area (TPSA) is 46.6 Å². The van der Waals surface area contributed by atoms with Gasteiger partial charge in [-0.05, 0) is 18.6 Å². The molecule has 0 N–H and O–H groups in total. The monoisotopic (exact) mass is 273 g/mol. The van der Waals surface area contributed by atoms with E-state index in [-0.39, 0.29) is 17.5 Å². The van der Waals surface area contributed by atoms with E-state index >= 15 is 0 Å². The van der Waals surface area contributed by atoms with Crippen LogP contribution in [0.2, 0.25) is 0 Å². The lowest BCUT2D eigenvalue weighted by Gasteiger charge is -2.33. The average molecular weight is 273 g/mol. The number of morpholine rings is 1. The Morgan fingerprint density at radius 1 is 1.44 bits per heavy atom. The van der Waals surface area contributed by atoms with Crippen LogP contribution in [0.25, 0.3) is 0 Å². The largest absolute Gasteiger partial charge is 0.378 e. The summed E-state index contributed by atoms with van der Waals surface area (Å²) in [6.07, 6.45) is 0.647. The van der Waals surface area contributed by atoms with Gasteiger partial charge in [0.25, 0.3) is 0 Å². The lowest BCUT2D eigenvalue weighted by atomic mass is 10.2. The summed E-state index contributed by atoms with van der Waals surface area (Å²) in [4.78, 5) is -0.259. The zero-order valence-electron chi connectivity index (χ0n) is 10.2. The van der Waals surface area contributed by atoms with Crippen molar-refractivity contribution in [3.63, 3.8) is 0 Å². The smallest absolute Gasteiger partial charge is 0.246 e. The fourth-order valence-corrected chi connectivity index (χ4v) is 3.79. The molecule has 0 spiro atoms. The van der Waals surface area contributed by atoms with Gasteiger partial charge in [-0.25, -0.2) is 12.8 Å². The van der Waals surface area contributed by atoms with E-state index in [4.69, 9.17) is 4.74 Å². The van der Waals surface area contributed by atoms with Crippen LogP contribution in [0, 0.1) is 5.82 Å². The van der Waals surface area contributed by atoms with Gasteiger partial charge in [-0.15, -0.1) is 0 Å². The molecular formula is C12H16FNO3S. The highest BCUT2D eigenvalue weighted by Crippen LogP contribution is 2.23. The van der Waals surface area contributed by atoms with Gasteiger partial charge in [0.05, 0.1) is 13.2 Å².